The van der Waals surface area contributed by atoms with Crippen molar-refractivity contribution in [1.29, 1.82) is 0 Å². The van der Waals surface area contributed by atoms with Crippen molar-refractivity contribution >= 4 is 17.4 Å². The third-order valence-electron chi connectivity index (χ3n) is 4.41. The van der Waals surface area contributed by atoms with Crippen LogP contribution in [0.5, 0.6) is 0 Å². The van der Waals surface area contributed by atoms with Crippen molar-refractivity contribution in [2.75, 3.05) is 5.32 Å². The Morgan fingerprint density at radius 1 is 0.923 bits per heavy atom. The lowest BCUT2D eigenvalue weighted by atomic mass is 10.1. The summed E-state index contributed by atoms with van der Waals surface area (Å²) in [5.74, 6) is 0.360. The molecule has 3 rings (SSSR count). The lowest BCUT2D eigenvalue weighted by Gasteiger charge is -2.14. The van der Waals surface area contributed by atoms with Crippen molar-refractivity contribution in [3.63, 3.8) is 0 Å². The maximum absolute atomic E-state index is 12.4. The second-order valence-corrected chi connectivity index (χ2v) is 6.28. The van der Waals surface area contributed by atoms with Gasteiger partial charge in [0.25, 0.3) is 5.91 Å². The Bertz CT molecular complexity index is 892. The summed E-state index contributed by atoms with van der Waals surface area (Å²) < 4.78 is 0. The molecular formula is C21H22N4O. The summed E-state index contributed by atoms with van der Waals surface area (Å²) in [4.78, 5) is 12.4. The van der Waals surface area contributed by atoms with Crippen LogP contribution < -0.4 is 10.6 Å². The molecule has 0 aliphatic heterocycles. The Morgan fingerprint density at radius 2 is 1.69 bits per heavy atom. The summed E-state index contributed by atoms with van der Waals surface area (Å²) >= 11 is 0. The Labute approximate surface area is 153 Å². The maximum Gasteiger partial charge on any atom is 0.272 e. The number of aromatic nitrogens is 2. The highest BCUT2D eigenvalue weighted by atomic mass is 16.2. The van der Waals surface area contributed by atoms with Crippen molar-refractivity contribution < 1.29 is 4.79 Å². The van der Waals surface area contributed by atoms with Crippen LogP contribution in [0.1, 0.15) is 40.1 Å². The third kappa shape index (κ3) is 4.06. The van der Waals surface area contributed by atoms with Crippen molar-refractivity contribution in [2.24, 2.45) is 0 Å². The van der Waals surface area contributed by atoms with Crippen LogP contribution in [0.4, 0.5) is 11.5 Å². The molecule has 2 N–H and O–H groups in total. The van der Waals surface area contributed by atoms with E-state index in [9.17, 15) is 4.79 Å². The SMILES string of the molecule is Cc1cccc(Nc2ccc(C(=O)NC(C)c3ccccc3)nn2)c1C. The molecule has 1 aromatic heterocycles. The van der Waals surface area contributed by atoms with Gasteiger partial charge >= 0.3 is 0 Å². The van der Waals surface area contributed by atoms with E-state index < -0.39 is 0 Å². The molecule has 0 saturated heterocycles. The molecule has 0 saturated carbocycles. The first-order valence-electron chi connectivity index (χ1n) is 8.57. The van der Waals surface area contributed by atoms with Crippen LogP contribution in [0.25, 0.3) is 0 Å². The third-order valence-corrected chi connectivity index (χ3v) is 4.41. The highest BCUT2D eigenvalue weighted by Gasteiger charge is 2.13. The van der Waals surface area contributed by atoms with Gasteiger partial charge in [0.1, 0.15) is 0 Å². The van der Waals surface area contributed by atoms with Gasteiger partial charge in [0.15, 0.2) is 11.5 Å². The quantitative estimate of drug-likeness (QED) is 0.722. The first-order valence-corrected chi connectivity index (χ1v) is 8.57. The molecule has 1 heterocycles. The molecule has 3 aromatic rings. The van der Waals surface area contributed by atoms with Gasteiger partial charge < -0.3 is 10.6 Å². The van der Waals surface area contributed by atoms with E-state index in [2.05, 4.69) is 40.7 Å². The van der Waals surface area contributed by atoms with Crippen molar-refractivity contribution in [3.8, 4) is 0 Å². The van der Waals surface area contributed by atoms with Crippen molar-refractivity contribution in [1.82, 2.24) is 15.5 Å². The predicted molar refractivity (Wildman–Crippen MR) is 104 cm³/mol. The van der Waals surface area contributed by atoms with Crippen LogP contribution in [-0.4, -0.2) is 16.1 Å². The Morgan fingerprint density at radius 3 is 2.38 bits per heavy atom. The maximum atomic E-state index is 12.4. The number of benzene rings is 2. The lowest BCUT2D eigenvalue weighted by molar-refractivity contribution is 0.0934. The average molecular weight is 346 g/mol. The van der Waals surface area contributed by atoms with Crippen LogP contribution in [0.3, 0.4) is 0 Å². The smallest absolute Gasteiger partial charge is 0.272 e. The Balaban J connectivity index is 1.67. The van der Waals surface area contributed by atoms with Crippen molar-refractivity contribution in [2.45, 2.75) is 26.8 Å². The molecule has 1 amide bonds. The van der Waals surface area contributed by atoms with E-state index in [1.54, 1.807) is 12.1 Å². The molecule has 1 unspecified atom stereocenters. The van der Waals surface area contributed by atoms with Crippen molar-refractivity contribution in [3.05, 3.63) is 83.0 Å². The van der Waals surface area contributed by atoms with Gasteiger partial charge in [0.2, 0.25) is 0 Å². The highest BCUT2D eigenvalue weighted by molar-refractivity contribution is 5.92. The van der Waals surface area contributed by atoms with E-state index in [0.717, 1.165) is 16.8 Å². The molecule has 0 fully saturated rings. The number of carbonyl (C=O) groups excluding carboxylic acids is 1. The number of carbonyl (C=O) groups is 1. The molecule has 0 radical (unpaired) electrons. The summed E-state index contributed by atoms with van der Waals surface area (Å²) in [6, 6.07) is 19.2. The highest BCUT2D eigenvalue weighted by Crippen LogP contribution is 2.21. The fourth-order valence-corrected chi connectivity index (χ4v) is 2.64. The first-order chi connectivity index (χ1) is 12.5. The summed E-state index contributed by atoms with van der Waals surface area (Å²) in [7, 11) is 0. The molecule has 0 aliphatic rings. The lowest BCUT2D eigenvalue weighted by Crippen LogP contribution is -2.27. The molecule has 0 bridgehead atoms. The number of aryl methyl sites for hydroxylation is 1. The molecule has 0 aliphatic carbocycles. The fourth-order valence-electron chi connectivity index (χ4n) is 2.64. The number of hydrogen-bond donors (Lipinski definition) is 2. The second-order valence-electron chi connectivity index (χ2n) is 6.28. The number of nitrogens with zero attached hydrogens (tertiary/aromatic N) is 2. The Kier molecular flexibility index (Phi) is 5.27. The first kappa shape index (κ1) is 17.6. The van der Waals surface area contributed by atoms with Crippen LogP contribution in [0.2, 0.25) is 0 Å². The molecule has 1 atom stereocenters. The minimum atomic E-state index is -0.243. The van der Waals surface area contributed by atoms with E-state index in [4.69, 9.17) is 0 Å². The predicted octanol–water partition coefficient (Wildman–Crippen LogP) is 4.33. The molecular weight excluding hydrogens is 324 g/mol. The van der Waals surface area contributed by atoms with E-state index in [0.29, 0.717) is 11.5 Å². The molecule has 26 heavy (non-hydrogen) atoms. The van der Waals surface area contributed by atoms with Gasteiger partial charge in [-0.05, 0) is 55.7 Å². The monoisotopic (exact) mass is 346 g/mol. The zero-order valence-electron chi connectivity index (χ0n) is 15.2. The standard InChI is InChI=1S/C21H22N4O/c1-14-8-7-11-18(15(14)2)23-20-13-12-19(24-25-20)21(26)22-16(3)17-9-5-4-6-10-17/h4-13,16H,1-3H3,(H,22,26)(H,23,25). The van der Waals surface area contributed by atoms with Gasteiger partial charge in [0, 0.05) is 5.69 Å². The summed E-state index contributed by atoms with van der Waals surface area (Å²) in [6.45, 7) is 6.06. The van der Waals surface area contributed by atoms with E-state index in [-0.39, 0.29) is 11.9 Å². The minimum Gasteiger partial charge on any atom is -0.344 e. The Hall–Kier alpha value is -3.21. The summed E-state index contributed by atoms with van der Waals surface area (Å²) in [5.41, 5.74) is 4.68. The van der Waals surface area contributed by atoms with Gasteiger partial charge in [0.05, 0.1) is 6.04 Å². The summed E-state index contributed by atoms with van der Waals surface area (Å²) in [6.07, 6.45) is 0. The van der Waals surface area contributed by atoms with Crippen LogP contribution >= 0.6 is 0 Å². The van der Waals surface area contributed by atoms with Crippen LogP contribution in [0, 0.1) is 13.8 Å². The van der Waals surface area contributed by atoms with E-state index in [1.807, 2.05) is 49.4 Å². The largest absolute Gasteiger partial charge is 0.344 e. The molecule has 2 aromatic carbocycles. The molecule has 132 valence electrons. The van der Waals surface area contributed by atoms with Gasteiger partial charge in [-0.2, -0.15) is 0 Å². The summed E-state index contributed by atoms with van der Waals surface area (Å²) in [5, 5.41) is 14.3. The normalized spacial score (nSPS) is 11.7. The van der Waals surface area contributed by atoms with E-state index in [1.165, 1.54) is 5.56 Å². The van der Waals surface area contributed by atoms with Gasteiger partial charge in [-0.15, -0.1) is 10.2 Å². The molecule has 5 heteroatoms. The number of anilines is 2. The topological polar surface area (TPSA) is 66.9 Å². The van der Waals surface area contributed by atoms with E-state index >= 15 is 0 Å². The molecule has 5 nitrogen and oxygen atoms in total. The van der Waals surface area contributed by atoms with Gasteiger partial charge in [-0.25, -0.2) is 0 Å². The van der Waals surface area contributed by atoms with Gasteiger partial charge in [-0.1, -0.05) is 42.5 Å². The number of hydrogen-bond acceptors (Lipinski definition) is 4. The average Bonchev–Trinajstić information content (AvgIpc) is 2.66. The van der Waals surface area contributed by atoms with Crippen LogP contribution in [0.15, 0.2) is 60.7 Å². The van der Waals surface area contributed by atoms with Gasteiger partial charge in [-0.3, -0.25) is 4.79 Å². The number of amides is 1. The second kappa shape index (κ2) is 7.78. The van der Waals surface area contributed by atoms with Crippen LogP contribution in [-0.2, 0) is 0 Å². The fraction of sp³-hybridized carbons (Fsp3) is 0.190. The number of nitrogens with one attached hydrogen (secondary N) is 2. The molecule has 0 spiro atoms. The minimum absolute atomic E-state index is 0.0988. The zero-order chi connectivity index (χ0) is 18.5. The zero-order valence-corrected chi connectivity index (χ0v) is 15.2. The number of rotatable bonds is 5.